The molecule has 0 saturated heterocycles. The van der Waals surface area contributed by atoms with Crippen molar-refractivity contribution in [3.05, 3.63) is 44.0 Å². The van der Waals surface area contributed by atoms with E-state index in [2.05, 4.69) is 9.97 Å². The summed E-state index contributed by atoms with van der Waals surface area (Å²) in [4.78, 5) is 41.4. The maximum Gasteiger partial charge on any atom is 0.320 e. The number of carbonyl (C=O) groups is 1. The number of carbonyl (C=O) groups excluding carboxylic acids is 1. The Hall–Kier alpha value is -2.41. The summed E-state index contributed by atoms with van der Waals surface area (Å²) in [7, 11) is 1.79. The Balaban J connectivity index is 2.36. The van der Waals surface area contributed by atoms with Crippen molar-refractivity contribution in [3.8, 4) is 0 Å². The van der Waals surface area contributed by atoms with Crippen LogP contribution in [0.2, 0.25) is 0 Å². The number of ether oxygens (including phenoxy) is 1. The molecule has 2 rings (SSSR count). The van der Waals surface area contributed by atoms with Crippen molar-refractivity contribution >= 4 is 17.0 Å². The van der Waals surface area contributed by atoms with Crippen LogP contribution in [0.5, 0.6) is 0 Å². The van der Waals surface area contributed by atoms with Gasteiger partial charge >= 0.3 is 17.1 Å². The average molecular weight is 305 g/mol. The molecule has 0 atom stereocenters. The van der Waals surface area contributed by atoms with Crippen LogP contribution in [0.1, 0.15) is 18.1 Å². The van der Waals surface area contributed by atoms with Gasteiger partial charge < -0.3 is 14.7 Å². The Labute approximate surface area is 126 Å². The molecule has 0 unspecified atom stereocenters. The summed E-state index contributed by atoms with van der Waals surface area (Å²) in [6.07, 6.45) is 0. The normalized spacial score (nSPS) is 11.1. The predicted molar refractivity (Wildman–Crippen MR) is 82.9 cm³/mol. The van der Waals surface area contributed by atoms with Gasteiger partial charge in [-0.15, -0.1) is 0 Å². The molecule has 0 saturated carbocycles. The number of nitrogens with zero attached hydrogens (tertiary/aromatic N) is 1. The molecular formula is C15H19N3O4. The van der Waals surface area contributed by atoms with E-state index in [0.717, 1.165) is 11.1 Å². The number of hydrogen-bond donors (Lipinski definition) is 2. The number of likely N-dealkylation sites (N-methyl/N-ethyl adjacent to an activating group) is 1. The molecule has 118 valence electrons. The predicted octanol–water partition coefficient (Wildman–Crippen LogP) is 0.520. The first-order chi connectivity index (χ1) is 10.4. The molecule has 0 aliphatic rings. The summed E-state index contributed by atoms with van der Waals surface area (Å²) < 4.78 is 4.92. The first-order valence-corrected chi connectivity index (χ1v) is 7.01. The molecule has 1 heterocycles. The smallest absolute Gasteiger partial charge is 0.320 e. The summed E-state index contributed by atoms with van der Waals surface area (Å²) in [5, 5.41) is 0. The van der Waals surface area contributed by atoms with Crippen LogP contribution in [0, 0.1) is 6.92 Å². The van der Waals surface area contributed by atoms with Gasteiger partial charge in [-0.25, -0.2) is 0 Å². The lowest BCUT2D eigenvalue weighted by Gasteiger charge is -2.18. The summed E-state index contributed by atoms with van der Waals surface area (Å²) in [6.45, 7) is 4.61. The van der Waals surface area contributed by atoms with Crippen molar-refractivity contribution in [2.45, 2.75) is 20.4 Å². The molecule has 0 aliphatic heterocycles. The first-order valence-electron chi connectivity index (χ1n) is 7.01. The van der Waals surface area contributed by atoms with Crippen LogP contribution in [0.3, 0.4) is 0 Å². The van der Waals surface area contributed by atoms with Crippen LogP contribution >= 0.6 is 0 Å². The minimum Gasteiger partial charge on any atom is -0.465 e. The molecule has 0 bridgehead atoms. The molecule has 0 fully saturated rings. The summed E-state index contributed by atoms with van der Waals surface area (Å²) in [5.41, 5.74) is 1.60. The van der Waals surface area contributed by atoms with E-state index in [1.165, 1.54) is 0 Å². The number of aromatic nitrogens is 2. The van der Waals surface area contributed by atoms with Gasteiger partial charge in [-0.05, 0) is 38.1 Å². The van der Waals surface area contributed by atoms with E-state index in [-0.39, 0.29) is 12.5 Å². The van der Waals surface area contributed by atoms with Gasteiger partial charge in [0, 0.05) is 6.54 Å². The molecule has 0 aliphatic carbocycles. The van der Waals surface area contributed by atoms with Gasteiger partial charge in [-0.3, -0.25) is 19.3 Å². The zero-order valence-electron chi connectivity index (χ0n) is 12.9. The van der Waals surface area contributed by atoms with Gasteiger partial charge in [0.1, 0.15) is 0 Å². The first kappa shape index (κ1) is 16.0. The fourth-order valence-corrected chi connectivity index (χ4v) is 2.30. The summed E-state index contributed by atoms with van der Waals surface area (Å²) >= 11 is 0. The van der Waals surface area contributed by atoms with E-state index in [1.807, 2.05) is 13.0 Å². The average Bonchev–Trinajstić information content (AvgIpc) is 2.44. The van der Waals surface area contributed by atoms with Crippen molar-refractivity contribution in [3.63, 3.8) is 0 Å². The topological polar surface area (TPSA) is 95.3 Å². The van der Waals surface area contributed by atoms with E-state index in [4.69, 9.17) is 4.74 Å². The quantitative estimate of drug-likeness (QED) is 0.620. The van der Waals surface area contributed by atoms with Gasteiger partial charge in [-0.1, -0.05) is 6.07 Å². The van der Waals surface area contributed by atoms with Crippen LogP contribution in [0.25, 0.3) is 11.0 Å². The SMILES string of the molecule is CCOC(=O)CN(C)Cc1c(C)ccc2[nH]c(=O)c(=O)[nH]c12. The standard InChI is InChI=1S/C15H19N3O4/c1-4-22-12(19)8-18(3)7-10-9(2)5-6-11-13(10)17-15(21)14(20)16-11/h5-6H,4,7-8H2,1-3H3,(H,16,20)(H,17,21). The molecular weight excluding hydrogens is 286 g/mol. The van der Waals surface area contributed by atoms with E-state index >= 15 is 0 Å². The minimum absolute atomic E-state index is 0.150. The van der Waals surface area contributed by atoms with E-state index < -0.39 is 11.1 Å². The summed E-state index contributed by atoms with van der Waals surface area (Å²) in [6, 6.07) is 3.61. The van der Waals surface area contributed by atoms with Crippen molar-refractivity contribution in [2.24, 2.45) is 0 Å². The molecule has 2 aromatic rings. The van der Waals surface area contributed by atoms with Crippen LogP contribution in [0.15, 0.2) is 21.7 Å². The molecule has 0 spiro atoms. The molecule has 1 aromatic heterocycles. The van der Waals surface area contributed by atoms with Crippen LogP contribution in [0.4, 0.5) is 0 Å². The lowest BCUT2D eigenvalue weighted by Crippen LogP contribution is -2.30. The molecule has 7 nitrogen and oxygen atoms in total. The summed E-state index contributed by atoms with van der Waals surface area (Å²) in [5.74, 6) is -0.301. The maximum absolute atomic E-state index is 11.6. The van der Waals surface area contributed by atoms with Crippen molar-refractivity contribution < 1.29 is 9.53 Å². The Morgan fingerprint density at radius 2 is 1.91 bits per heavy atom. The highest BCUT2D eigenvalue weighted by molar-refractivity contribution is 5.79. The highest BCUT2D eigenvalue weighted by Crippen LogP contribution is 2.18. The molecule has 2 N–H and O–H groups in total. The van der Waals surface area contributed by atoms with Gasteiger partial charge in [-0.2, -0.15) is 0 Å². The third-order valence-electron chi connectivity index (χ3n) is 3.37. The van der Waals surface area contributed by atoms with Crippen molar-refractivity contribution in [1.82, 2.24) is 14.9 Å². The number of rotatable bonds is 5. The second-order valence-electron chi connectivity index (χ2n) is 5.17. The molecule has 1 aromatic carbocycles. The monoisotopic (exact) mass is 305 g/mol. The molecule has 7 heteroatoms. The van der Waals surface area contributed by atoms with Gasteiger partial charge in [0.05, 0.1) is 24.2 Å². The highest BCUT2D eigenvalue weighted by atomic mass is 16.5. The Kier molecular flexibility index (Phi) is 4.77. The Morgan fingerprint density at radius 1 is 1.23 bits per heavy atom. The molecule has 0 radical (unpaired) electrons. The second-order valence-corrected chi connectivity index (χ2v) is 5.17. The van der Waals surface area contributed by atoms with Gasteiger partial charge in [0.25, 0.3) is 0 Å². The third-order valence-corrected chi connectivity index (χ3v) is 3.37. The number of aromatic amines is 2. The van der Waals surface area contributed by atoms with Gasteiger partial charge in [0.15, 0.2) is 0 Å². The van der Waals surface area contributed by atoms with E-state index in [1.54, 1.807) is 24.9 Å². The number of H-pyrrole nitrogens is 2. The van der Waals surface area contributed by atoms with E-state index in [9.17, 15) is 14.4 Å². The molecule has 22 heavy (non-hydrogen) atoms. The number of fused-ring (bicyclic) bond motifs is 1. The Bertz CT molecular complexity index is 807. The lowest BCUT2D eigenvalue weighted by atomic mass is 10.1. The minimum atomic E-state index is -0.688. The van der Waals surface area contributed by atoms with Crippen molar-refractivity contribution in [1.29, 1.82) is 0 Å². The number of aryl methyl sites for hydroxylation is 1. The van der Waals surface area contributed by atoms with Crippen LogP contribution in [-0.2, 0) is 16.1 Å². The van der Waals surface area contributed by atoms with Crippen molar-refractivity contribution in [2.75, 3.05) is 20.2 Å². The van der Waals surface area contributed by atoms with E-state index in [0.29, 0.717) is 24.2 Å². The fraction of sp³-hybridized carbons (Fsp3) is 0.400. The van der Waals surface area contributed by atoms with Gasteiger partial charge in [0.2, 0.25) is 0 Å². The number of nitrogens with one attached hydrogen (secondary N) is 2. The third kappa shape index (κ3) is 3.43. The van der Waals surface area contributed by atoms with Crippen LogP contribution in [-0.4, -0.2) is 41.0 Å². The van der Waals surface area contributed by atoms with Crippen LogP contribution < -0.4 is 11.1 Å². The number of benzene rings is 1. The Morgan fingerprint density at radius 3 is 2.59 bits per heavy atom. The second kappa shape index (κ2) is 6.57. The zero-order chi connectivity index (χ0) is 16.3. The molecule has 0 amide bonds. The highest BCUT2D eigenvalue weighted by Gasteiger charge is 2.13. The zero-order valence-corrected chi connectivity index (χ0v) is 12.9. The lowest BCUT2D eigenvalue weighted by molar-refractivity contribution is -0.144. The number of esters is 1. The fourth-order valence-electron chi connectivity index (χ4n) is 2.30. The maximum atomic E-state index is 11.6. The largest absolute Gasteiger partial charge is 0.465 e. The number of hydrogen-bond acceptors (Lipinski definition) is 5.